The van der Waals surface area contributed by atoms with Crippen LogP contribution in [0, 0.1) is 6.92 Å². The number of thioether (sulfide) groups is 1. The van der Waals surface area contributed by atoms with Gasteiger partial charge in [0.1, 0.15) is 0 Å². The largest absolute Gasteiger partial charge is 0.369 e. The van der Waals surface area contributed by atoms with Crippen LogP contribution in [0.1, 0.15) is 16.7 Å². The van der Waals surface area contributed by atoms with Crippen LogP contribution in [0.5, 0.6) is 0 Å². The van der Waals surface area contributed by atoms with Crippen LogP contribution in [0.25, 0.3) is 11.3 Å². The first-order valence-corrected chi connectivity index (χ1v) is 10.4. The average Bonchev–Trinajstić information content (AvgIpc) is 3.15. The quantitative estimate of drug-likeness (QED) is 0.551. The molecule has 0 aromatic heterocycles. The van der Waals surface area contributed by atoms with Gasteiger partial charge in [0.2, 0.25) is 0 Å². The van der Waals surface area contributed by atoms with Crippen molar-refractivity contribution in [1.29, 1.82) is 0 Å². The van der Waals surface area contributed by atoms with E-state index >= 15 is 0 Å². The highest BCUT2D eigenvalue weighted by molar-refractivity contribution is 8.00. The second kappa shape index (κ2) is 6.92. The van der Waals surface area contributed by atoms with E-state index in [0.29, 0.717) is 0 Å². The van der Waals surface area contributed by atoms with Gasteiger partial charge in [0.15, 0.2) is 0 Å². The van der Waals surface area contributed by atoms with Crippen molar-refractivity contribution in [2.24, 2.45) is 0 Å². The maximum atomic E-state index is 3.69. The first-order chi connectivity index (χ1) is 13.7. The van der Waals surface area contributed by atoms with Crippen LogP contribution < -0.4 is 10.2 Å². The van der Waals surface area contributed by atoms with Crippen molar-refractivity contribution in [1.82, 2.24) is 0 Å². The molecule has 1 N–H and O–H groups in total. The van der Waals surface area contributed by atoms with Crippen LogP contribution in [0.2, 0.25) is 0 Å². The van der Waals surface area contributed by atoms with Crippen molar-refractivity contribution in [3.8, 4) is 0 Å². The minimum absolute atomic E-state index is 0.232. The highest BCUT2D eigenvalue weighted by atomic mass is 32.2. The predicted molar refractivity (Wildman–Crippen MR) is 122 cm³/mol. The summed E-state index contributed by atoms with van der Waals surface area (Å²) in [4.78, 5) is 3.62. The molecule has 0 saturated heterocycles. The molecule has 0 saturated carbocycles. The predicted octanol–water partition coefficient (Wildman–Crippen LogP) is 6.41. The molecule has 3 aromatic rings. The molecule has 2 nitrogen and oxygen atoms in total. The molecule has 2 aliphatic rings. The van der Waals surface area contributed by atoms with Gasteiger partial charge in [-0.2, -0.15) is 0 Å². The van der Waals surface area contributed by atoms with Crippen molar-refractivity contribution < 1.29 is 0 Å². The van der Waals surface area contributed by atoms with Crippen molar-refractivity contribution in [2.75, 3.05) is 17.3 Å². The SMILES string of the molecule is Cc1cccc2c1NC(C=C1C=C(c3ccccc3)N(C)c3ccccc31)S2. The molecular weight excluding hydrogens is 360 g/mol. The Hall–Kier alpha value is -2.91. The molecule has 0 fully saturated rings. The third-order valence-corrected chi connectivity index (χ3v) is 6.51. The van der Waals surface area contributed by atoms with Gasteiger partial charge in [-0.25, -0.2) is 0 Å². The lowest BCUT2D eigenvalue weighted by molar-refractivity contribution is 1.19. The number of rotatable bonds is 2. The Balaban J connectivity index is 1.58. The topological polar surface area (TPSA) is 15.3 Å². The Morgan fingerprint density at radius 1 is 0.929 bits per heavy atom. The van der Waals surface area contributed by atoms with Crippen LogP contribution in [0.3, 0.4) is 0 Å². The lowest BCUT2D eigenvalue weighted by Gasteiger charge is -2.31. The third kappa shape index (κ3) is 2.92. The second-order valence-electron chi connectivity index (χ2n) is 7.22. The normalized spacial score (nSPS) is 19.1. The fourth-order valence-corrected chi connectivity index (χ4v) is 5.12. The molecule has 3 aromatic carbocycles. The average molecular weight is 383 g/mol. The van der Waals surface area contributed by atoms with Gasteiger partial charge in [0.05, 0.1) is 11.1 Å². The Morgan fingerprint density at radius 2 is 1.71 bits per heavy atom. The summed E-state index contributed by atoms with van der Waals surface area (Å²) in [6.07, 6.45) is 4.68. The van der Waals surface area contributed by atoms with Crippen molar-refractivity contribution >= 4 is 34.4 Å². The third-order valence-electron chi connectivity index (χ3n) is 5.41. The molecule has 28 heavy (non-hydrogen) atoms. The van der Waals surface area contributed by atoms with Gasteiger partial charge in [-0.05, 0) is 47.9 Å². The number of hydrogen-bond donors (Lipinski definition) is 1. The highest BCUT2D eigenvalue weighted by Gasteiger charge is 2.24. The van der Waals surface area contributed by atoms with Crippen molar-refractivity contribution in [3.63, 3.8) is 0 Å². The Labute approximate surface area is 170 Å². The summed E-state index contributed by atoms with van der Waals surface area (Å²) >= 11 is 1.89. The number of hydrogen-bond acceptors (Lipinski definition) is 3. The van der Waals surface area contributed by atoms with E-state index in [2.05, 4.69) is 109 Å². The van der Waals surface area contributed by atoms with Crippen molar-refractivity contribution in [3.05, 3.63) is 102 Å². The molecule has 0 amide bonds. The Kier molecular flexibility index (Phi) is 4.25. The number of para-hydroxylation sites is 2. The summed E-state index contributed by atoms with van der Waals surface area (Å²) in [7, 11) is 2.15. The first kappa shape index (κ1) is 17.2. The Bertz CT molecular complexity index is 1100. The van der Waals surface area contributed by atoms with E-state index in [0.717, 1.165) is 0 Å². The maximum absolute atomic E-state index is 3.69. The fraction of sp³-hybridized carbons (Fsp3) is 0.120. The smallest absolute Gasteiger partial charge is 0.0966 e. The zero-order valence-corrected chi connectivity index (χ0v) is 16.8. The van der Waals surface area contributed by atoms with Crippen LogP contribution in [0.4, 0.5) is 11.4 Å². The minimum Gasteiger partial charge on any atom is -0.369 e. The van der Waals surface area contributed by atoms with E-state index < -0.39 is 0 Å². The van der Waals surface area contributed by atoms with Gasteiger partial charge in [0, 0.05) is 28.9 Å². The molecule has 5 rings (SSSR count). The van der Waals surface area contributed by atoms with Gasteiger partial charge >= 0.3 is 0 Å². The molecule has 1 atom stereocenters. The lowest BCUT2D eigenvalue weighted by Crippen LogP contribution is -2.20. The molecule has 2 aliphatic heterocycles. The molecule has 138 valence electrons. The summed E-state index contributed by atoms with van der Waals surface area (Å²) in [6.45, 7) is 2.17. The van der Waals surface area contributed by atoms with E-state index in [9.17, 15) is 0 Å². The van der Waals surface area contributed by atoms with Crippen molar-refractivity contribution in [2.45, 2.75) is 17.2 Å². The van der Waals surface area contributed by atoms with E-state index in [1.165, 1.54) is 44.2 Å². The number of nitrogens with one attached hydrogen (secondary N) is 1. The lowest BCUT2D eigenvalue weighted by atomic mass is 9.95. The van der Waals surface area contributed by atoms with Gasteiger partial charge in [-0.3, -0.25) is 0 Å². The minimum atomic E-state index is 0.232. The standard InChI is InChI=1S/C25H22N2S/c1-17-9-8-14-23-25(17)26-24(28-23)16-19-15-22(18-10-4-3-5-11-18)27(2)21-13-7-6-12-20(19)21/h3-16,24,26H,1-2H3. The summed E-state index contributed by atoms with van der Waals surface area (Å²) in [5.74, 6) is 0. The van der Waals surface area contributed by atoms with E-state index in [-0.39, 0.29) is 5.37 Å². The number of allylic oxidation sites excluding steroid dienone is 2. The highest BCUT2D eigenvalue weighted by Crippen LogP contribution is 2.44. The van der Waals surface area contributed by atoms with E-state index in [1.807, 2.05) is 11.8 Å². The molecule has 0 aliphatic carbocycles. The Morgan fingerprint density at radius 3 is 2.54 bits per heavy atom. The van der Waals surface area contributed by atoms with Gasteiger partial charge in [0.25, 0.3) is 0 Å². The molecule has 2 heterocycles. The van der Waals surface area contributed by atoms with Gasteiger partial charge < -0.3 is 10.2 Å². The van der Waals surface area contributed by atoms with Crippen LogP contribution >= 0.6 is 11.8 Å². The van der Waals surface area contributed by atoms with Gasteiger partial charge in [-0.1, -0.05) is 72.4 Å². The number of anilines is 2. The zero-order valence-electron chi connectivity index (χ0n) is 16.0. The van der Waals surface area contributed by atoms with E-state index in [4.69, 9.17) is 0 Å². The second-order valence-corrected chi connectivity index (χ2v) is 8.41. The van der Waals surface area contributed by atoms with Gasteiger partial charge in [-0.15, -0.1) is 0 Å². The fourth-order valence-electron chi connectivity index (χ4n) is 3.96. The zero-order chi connectivity index (χ0) is 19.1. The van der Waals surface area contributed by atoms with E-state index in [1.54, 1.807) is 0 Å². The summed E-state index contributed by atoms with van der Waals surface area (Å²) in [5.41, 5.74) is 8.81. The first-order valence-electron chi connectivity index (χ1n) is 9.55. The number of fused-ring (bicyclic) bond motifs is 2. The number of benzene rings is 3. The molecule has 0 bridgehead atoms. The summed E-state index contributed by atoms with van der Waals surface area (Å²) < 4.78 is 0. The number of aryl methyl sites for hydroxylation is 1. The molecule has 0 radical (unpaired) electrons. The van der Waals surface area contributed by atoms with Crippen LogP contribution in [0.15, 0.2) is 89.8 Å². The summed E-state index contributed by atoms with van der Waals surface area (Å²) in [6, 6.07) is 25.8. The molecule has 1 unspecified atom stereocenters. The summed E-state index contributed by atoms with van der Waals surface area (Å²) in [5, 5.41) is 3.92. The monoisotopic (exact) mass is 382 g/mol. The molecule has 0 spiro atoms. The number of nitrogens with zero attached hydrogens (tertiary/aromatic N) is 1. The maximum Gasteiger partial charge on any atom is 0.0966 e. The molecular formula is C25H22N2S. The van der Waals surface area contributed by atoms with Crippen LogP contribution in [-0.2, 0) is 0 Å². The molecule has 3 heteroatoms. The van der Waals surface area contributed by atoms with Crippen LogP contribution in [-0.4, -0.2) is 12.4 Å².